The molecular weight excluding hydrogens is 172 g/mol. The first-order chi connectivity index (χ1) is 6.11. The van der Waals surface area contributed by atoms with Gasteiger partial charge in [0.15, 0.2) is 6.29 Å². The summed E-state index contributed by atoms with van der Waals surface area (Å²) in [5.41, 5.74) is 0.228. The van der Waals surface area contributed by atoms with Crippen LogP contribution in [-0.4, -0.2) is 31.6 Å². The molecule has 0 heterocycles. The summed E-state index contributed by atoms with van der Waals surface area (Å²) in [6.45, 7) is 3.42. The summed E-state index contributed by atoms with van der Waals surface area (Å²) in [5, 5.41) is 8.50. The van der Waals surface area contributed by atoms with Gasteiger partial charge in [0.1, 0.15) is 0 Å². The lowest BCUT2D eigenvalue weighted by Crippen LogP contribution is -2.12. The number of hydrogen-bond donors (Lipinski definition) is 1. The van der Waals surface area contributed by atoms with E-state index in [1.54, 1.807) is 14.2 Å². The van der Waals surface area contributed by atoms with E-state index >= 15 is 0 Å². The minimum absolute atomic E-state index is 0.228. The van der Waals surface area contributed by atoms with Crippen LogP contribution in [0.5, 0.6) is 0 Å². The highest BCUT2D eigenvalue weighted by Crippen LogP contribution is 2.09. The summed E-state index contributed by atoms with van der Waals surface area (Å²) in [6.07, 6.45) is 1.61. The van der Waals surface area contributed by atoms with Crippen molar-refractivity contribution in [2.75, 3.05) is 14.2 Å². The molecule has 0 aliphatic heterocycles. The number of hydrogen-bond acceptors (Lipinski definition) is 3. The van der Waals surface area contributed by atoms with Gasteiger partial charge in [-0.3, -0.25) is 0 Å². The Hall–Kier alpha value is -0.870. The van der Waals surface area contributed by atoms with E-state index in [1.165, 1.54) is 0 Å². The second-order valence-electron chi connectivity index (χ2n) is 2.70. The van der Waals surface area contributed by atoms with E-state index in [9.17, 15) is 4.79 Å². The molecule has 0 bridgehead atoms. The quantitative estimate of drug-likeness (QED) is 0.485. The minimum atomic E-state index is -0.939. The molecule has 13 heavy (non-hydrogen) atoms. The first-order valence-corrected chi connectivity index (χ1v) is 4.08. The van der Waals surface area contributed by atoms with Gasteiger partial charge in [0.25, 0.3) is 0 Å². The zero-order chi connectivity index (χ0) is 10.3. The van der Waals surface area contributed by atoms with Crippen molar-refractivity contribution in [1.29, 1.82) is 0 Å². The van der Waals surface area contributed by atoms with Crippen molar-refractivity contribution in [2.24, 2.45) is 0 Å². The fraction of sp³-hybridized carbons (Fsp3) is 0.667. The topological polar surface area (TPSA) is 55.8 Å². The molecular formula is C9H16O4. The standard InChI is InChI=1S/C9H16O4/c1-7(9(10)11)5-4-6-8(12-2)13-3/h8H,1,4-6H2,2-3H3,(H,10,11). The van der Waals surface area contributed by atoms with Gasteiger partial charge < -0.3 is 14.6 Å². The van der Waals surface area contributed by atoms with Crippen molar-refractivity contribution in [1.82, 2.24) is 0 Å². The van der Waals surface area contributed by atoms with E-state index in [4.69, 9.17) is 14.6 Å². The van der Waals surface area contributed by atoms with Crippen molar-refractivity contribution in [3.05, 3.63) is 12.2 Å². The van der Waals surface area contributed by atoms with E-state index in [0.717, 1.165) is 0 Å². The zero-order valence-electron chi connectivity index (χ0n) is 8.08. The Labute approximate surface area is 78.2 Å². The van der Waals surface area contributed by atoms with E-state index in [-0.39, 0.29) is 11.9 Å². The second-order valence-corrected chi connectivity index (χ2v) is 2.70. The monoisotopic (exact) mass is 188 g/mol. The Morgan fingerprint density at radius 1 is 1.46 bits per heavy atom. The number of carboxylic acid groups (broad SMARTS) is 1. The fourth-order valence-corrected chi connectivity index (χ4v) is 0.921. The highest BCUT2D eigenvalue weighted by atomic mass is 16.7. The fourth-order valence-electron chi connectivity index (χ4n) is 0.921. The highest BCUT2D eigenvalue weighted by Gasteiger charge is 2.07. The van der Waals surface area contributed by atoms with Crippen LogP contribution in [0.3, 0.4) is 0 Å². The zero-order valence-corrected chi connectivity index (χ0v) is 8.08. The van der Waals surface area contributed by atoms with Crippen molar-refractivity contribution < 1.29 is 19.4 Å². The molecule has 0 aliphatic rings. The van der Waals surface area contributed by atoms with E-state index in [1.807, 2.05) is 0 Å². The molecule has 4 heteroatoms. The van der Waals surface area contributed by atoms with Crippen LogP contribution in [0.4, 0.5) is 0 Å². The summed E-state index contributed by atoms with van der Waals surface area (Å²) >= 11 is 0. The van der Waals surface area contributed by atoms with Crippen molar-refractivity contribution >= 4 is 5.97 Å². The number of carbonyl (C=O) groups is 1. The van der Waals surface area contributed by atoms with Gasteiger partial charge in [-0.2, -0.15) is 0 Å². The lowest BCUT2D eigenvalue weighted by Gasteiger charge is -2.12. The van der Waals surface area contributed by atoms with E-state index in [0.29, 0.717) is 19.3 Å². The largest absolute Gasteiger partial charge is 0.478 e. The van der Waals surface area contributed by atoms with Crippen LogP contribution < -0.4 is 0 Å². The molecule has 0 aromatic rings. The Balaban J connectivity index is 3.54. The summed E-state index contributed by atoms with van der Waals surface area (Å²) < 4.78 is 9.88. The van der Waals surface area contributed by atoms with Crippen LogP contribution in [0, 0.1) is 0 Å². The number of carboxylic acids is 1. The molecule has 0 aromatic carbocycles. The van der Waals surface area contributed by atoms with Crippen LogP contribution in [0.2, 0.25) is 0 Å². The van der Waals surface area contributed by atoms with Gasteiger partial charge in [-0.25, -0.2) is 4.79 Å². The Bertz CT molecular complexity index is 172. The highest BCUT2D eigenvalue weighted by molar-refractivity contribution is 5.85. The lowest BCUT2D eigenvalue weighted by atomic mass is 10.1. The van der Waals surface area contributed by atoms with Gasteiger partial charge in [-0.05, 0) is 19.3 Å². The molecule has 0 rings (SSSR count). The molecule has 76 valence electrons. The Kier molecular flexibility index (Phi) is 6.18. The molecule has 0 saturated heterocycles. The number of aliphatic carboxylic acids is 1. The summed E-state index contributed by atoms with van der Waals surface area (Å²) in [5.74, 6) is -0.939. The van der Waals surface area contributed by atoms with E-state index in [2.05, 4.69) is 6.58 Å². The molecule has 0 spiro atoms. The molecule has 0 saturated carbocycles. The van der Waals surface area contributed by atoms with Crippen molar-refractivity contribution in [3.8, 4) is 0 Å². The van der Waals surface area contributed by atoms with Crippen LogP contribution in [0.15, 0.2) is 12.2 Å². The minimum Gasteiger partial charge on any atom is -0.478 e. The molecule has 0 unspecified atom stereocenters. The van der Waals surface area contributed by atoms with Gasteiger partial charge in [0.2, 0.25) is 0 Å². The maximum atomic E-state index is 10.4. The molecule has 0 radical (unpaired) electrons. The number of rotatable bonds is 7. The van der Waals surface area contributed by atoms with Crippen LogP contribution in [0.1, 0.15) is 19.3 Å². The third-order valence-electron chi connectivity index (χ3n) is 1.75. The third kappa shape index (κ3) is 5.38. The maximum Gasteiger partial charge on any atom is 0.330 e. The molecule has 0 amide bonds. The SMILES string of the molecule is C=C(CCCC(OC)OC)C(=O)O. The third-order valence-corrected chi connectivity index (χ3v) is 1.75. The summed E-state index contributed by atoms with van der Waals surface area (Å²) in [6, 6.07) is 0. The Morgan fingerprint density at radius 3 is 2.38 bits per heavy atom. The summed E-state index contributed by atoms with van der Waals surface area (Å²) in [7, 11) is 3.11. The van der Waals surface area contributed by atoms with Gasteiger partial charge in [0, 0.05) is 19.8 Å². The van der Waals surface area contributed by atoms with Crippen LogP contribution >= 0.6 is 0 Å². The number of methoxy groups -OCH3 is 2. The Morgan fingerprint density at radius 2 is 2.00 bits per heavy atom. The van der Waals surface area contributed by atoms with E-state index < -0.39 is 5.97 Å². The first kappa shape index (κ1) is 12.1. The predicted molar refractivity (Wildman–Crippen MR) is 48.4 cm³/mol. The average molecular weight is 188 g/mol. The van der Waals surface area contributed by atoms with Gasteiger partial charge in [-0.1, -0.05) is 6.58 Å². The molecule has 0 atom stereocenters. The lowest BCUT2D eigenvalue weighted by molar-refractivity contribution is -0.133. The first-order valence-electron chi connectivity index (χ1n) is 4.08. The second kappa shape index (κ2) is 6.62. The number of ether oxygens (including phenoxy) is 2. The van der Waals surface area contributed by atoms with Crippen LogP contribution in [-0.2, 0) is 14.3 Å². The maximum absolute atomic E-state index is 10.4. The van der Waals surface area contributed by atoms with Crippen molar-refractivity contribution in [3.63, 3.8) is 0 Å². The molecule has 0 fully saturated rings. The average Bonchev–Trinajstić information content (AvgIpc) is 2.12. The molecule has 0 aliphatic carbocycles. The molecule has 0 aromatic heterocycles. The van der Waals surface area contributed by atoms with Crippen molar-refractivity contribution in [2.45, 2.75) is 25.6 Å². The predicted octanol–water partition coefficient (Wildman–Crippen LogP) is 1.42. The molecule has 1 N–H and O–H groups in total. The smallest absolute Gasteiger partial charge is 0.330 e. The van der Waals surface area contributed by atoms with Gasteiger partial charge in [0.05, 0.1) is 0 Å². The molecule has 4 nitrogen and oxygen atoms in total. The normalized spacial score (nSPS) is 10.4. The summed E-state index contributed by atoms with van der Waals surface area (Å²) in [4.78, 5) is 10.4. The van der Waals surface area contributed by atoms with Gasteiger partial charge >= 0.3 is 5.97 Å². The van der Waals surface area contributed by atoms with Crippen LogP contribution in [0.25, 0.3) is 0 Å². The van der Waals surface area contributed by atoms with Gasteiger partial charge in [-0.15, -0.1) is 0 Å².